The van der Waals surface area contributed by atoms with Crippen LogP contribution < -0.4 is 5.48 Å². The van der Waals surface area contributed by atoms with Gasteiger partial charge in [0.1, 0.15) is 17.5 Å². The normalized spacial score (nSPS) is 14.3. The van der Waals surface area contributed by atoms with E-state index in [1.54, 1.807) is 6.07 Å². The van der Waals surface area contributed by atoms with E-state index in [0.29, 0.717) is 0 Å². The van der Waals surface area contributed by atoms with Gasteiger partial charge < -0.3 is 10.7 Å². The predicted octanol–water partition coefficient (Wildman–Crippen LogP) is 6.95. The van der Waals surface area contributed by atoms with Crippen LogP contribution in [0.25, 0.3) is 16.9 Å². The third-order valence-electron chi connectivity index (χ3n) is 4.86. The Morgan fingerprint density at radius 2 is 1.50 bits per heavy atom. The molecular formula is C19H7Cl2F9N5O-. The van der Waals surface area contributed by atoms with Gasteiger partial charge in [-0.15, -0.1) is 5.10 Å². The van der Waals surface area contributed by atoms with Gasteiger partial charge in [-0.25, -0.2) is 9.07 Å². The number of aromatic nitrogens is 3. The van der Waals surface area contributed by atoms with Gasteiger partial charge >= 0.3 is 23.9 Å². The minimum atomic E-state index is -6.92. The Morgan fingerprint density at radius 3 is 1.97 bits per heavy atom. The van der Waals surface area contributed by atoms with E-state index in [2.05, 4.69) is 10.3 Å². The molecule has 36 heavy (non-hydrogen) atoms. The Labute approximate surface area is 204 Å². The van der Waals surface area contributed by atoms with E-state index in [-0.39, 0.29) is 34.6 Å². The highest BCUT2D eigenvalue weighted by atomic mass is 35.5. The van der Waals surface area contributed by atoms with Crippen LogP contribution in [0, 0.1) is 16.5 Å². The first-order chi connectivity index (χ1) is 16.5. The summed E-state index contributed by atoms with van der Waals surface area (Å²) in [6.45, 7) is 0. The maximum Gasteiger partial charge on any atom is 0.457 e. The van der Waals surface area contributed by atoms with Gasteiger partial charge in [-0.05, 0) is 24.3 Å². The minimum Gasteiger partial charge on any atom is -0.761 e. The summed E-state index contributed by atoms with van der Waals surface area (Å²) >= 11 is 11.6. The SMILES string of the molecule is N#Cc1ccc(-c2cn(-c3c(Cl)cc(C(F)(C(F)(F)F)C(F)(F)C(F)(F)F)cc3Cl)nn2)cc1N[O-]. The third-order valence-corrected chi connectivity index (χ3v) is 5.44. The van der Waals surface area contributed by atoms with Gasteiger partial charge in [-0.2, -0.15) is 40.4 Å². The van der Waals surface area contributed by atoms with Crippen molar-refractivity contribution in [1.82, 2.24) is 15.0 Å². The van der Waals surface area contributed by atoms with Gasteiger partial charge in [0.15, 0.2) is 0 Å². The summed E-state index contributed by atoms with van der Waals surface area (Å²) in [6.07, 6.45) is -12.6. The summed E-state index contributed by atoms with van der Waals surface area (Å²) in [4.78, 5) is 0. The molecule has 0 aliphatic heterocycles. The number of anilines is 1. The molecule has 1 unspecified atom stereocenters. The summed E-state index contributed by atoms with van der Waals surface area (Å²) in [5.74, 6) is -6.91. The lowest BCUT2D eigenvalue weighted by Crippen LogP contribution is -2.59. The van der Waals surface area contributed by atoms with E-state index in [9.17, 15) is 44.7 Å². The Kier molecular flexibility index (Phi) is 6.86. The van der Waals surface area contributed by atoms with E-state index >= 15 is 0 Å². The highest BCUT2D eigenvalue weighted by Crippen LogP contribution is 2.59. The second-order valence-corrected chi connectivity index (χ2v) is 7.85. The zero-order valence-corrected chi connectivity index (χ0v) is 18.3. The minimum absolute atomic E-state index is 0.00839. The highest BCUT2D eigenvalue weighted by molar-refractivity contribution is 6.37. The van der Waals surface area contributed by atoms with Crippen LogP contribution in [-0.2, 0) is 5.67 Å². The first-order valence-electron chi connectivity index (χ1n) is 9.04. The Morgan fingerprint density at radius 1 is 0.917 bits per heavy atom. The number of benzene rings is 2. The summed E-state index contributed by atoms with van der Waals surface area (Å²) in [7, 11) is 0. The molecule has 0 saturated heterocycles. The molecule has 0 radical (unpaired) electrons. The maximum atomic E-state index is 14.8. The quantitative estimate of drug-likeness (QED) is 0.268. The number of nitriles is 1. The second-order valence-electron chi connectivity index (χ2n) is 7.04. The summed E-state index contributed by atoms with van der Waals surface area (Å²) in [5, 5.41) is 25.3. The largest absolute Gasteiger partial charge is 0.761 e. The fourth-order valence-corrected chi connectivity index (χ4v) is 3.75. The molecule has 0 spiro atoms. The van der Waals surface area contributed by atoms with E-state index in [1.165, 1.54) is 23.7 Å². The van der Waals surface area contributed by atoms with Crippen molar-refractivity contribution >= 4 is 28.9 Å². The number of hydrogen-bond donors (Lipinski definition) is 1. The fraction of sp³-hybridized carbons (Fsp3) is 0.211. The Balaban J connectivity index is 2.13. The standard InChI is InChI=1S/C19H7Cl2F9N5O/c20-11-4-10(16(22,18(25,26)27)17(23,24)19(28,29)30)5-12(21)15(11)35-7-14(32-34-35)8-1-2-9(6-31)13(3-8)33-36/h1-5,7,33H/q-1. The molecule has 0 aliphatic carbocycles. The lowest BCUT2D eigenvalue weighted by molar-refractivity contribution is -0.389. The van der Waals surface area contributed by atoms with E-state index < -0.39 is 45.2 Å². The van der Waals surface area contributed by atoms with Gasteiger partial charge in [0.25, 0.3) is 0 Å². The molecule has 1 aromatic heterocycles. The first-order valence-corrected chi connectivity index (χ1v) is 9.80. The van der Waals surface area contributed by atoms with Crippen molar-refractivity contribution in [2.75, 3.05) is 5.48 Å². The molecule has 0 fully saturated rings. The number of nitrogens with zero attached hydrogens (tertiary/aromatic N) is 4. The molecule has 0 aliphatic rings. The topological polar surface area (TPSA) is 89.6 Å². The fourth-order valence-electron chi connectivity index (χ4n) is 3.09. The molecule has 17 heteroatoms. The van der Waals surface area contributed by atoms with Crippen molar-refractivity contribution in [3.05, 3.63) is 62.9 Å². The van der Waals surface area contributed by atoms with Gasteiger partial charge in [0, 0.05) is 16.8 Å². The summed E-state index contributed by atoms with van der Waals surface area (Å²) in [6, 6.07) is 5.38. The van der Waals surface area contributed by atoms with Crippen LogP contribution in [0.1, 0.15) is 11.1 Å². The monoisotopic (exact) mass is 562 g/mol. The molecule has 6 nitrogen and oxygen atoms in total. The molecule has 0 saturated carbocycles. The van der Waals surface area contributed by atoms with Crippen LogP contribution in [0.5, 0.6) is 0 Å². The Hall–Kier alpha value is -3.22. The van der Waals surface area contributed by atoms with Crippen LogP contribution in [0.15, 0.2) is 36.5 Å². The third kappa shape index (κ3) is 4.29. The van der Waals surface area contributed by atoms with E-state index in [4.69, 9.17) is 28.5 Å². The molecule has 1 heterocycles. The molecule has 3 rings (SSSR count). The van der Waals surface area contributed by atoms with Crippen LogP contribution >= 0.6 is 23.2 Å². The van der Waals surface area contributed by atoms with Gasteiger partial charge in [0.05, 0.1) is 21.8 Å². The smallest absolute Gasteiger partial charge is 0.457 e. The van der Waals surface area contributed by atoms with Crippen LogP contribution in [0.3, 0.4) is 0 Å². The molecule has 1 atom stereocenters. The lowest BCUT2D eigenvalue weighted by Gasteiger charge is -2.36. The molecule has 3 aromatic rings. The molecular weight excluding hydrogens is 556 g/mol. The second kappa shape index (κ2) is 9.02. The van der Waals surface area contributed by atoms with Crippen molar-refractivity contribution in [2.24, 2.45) is 0 Å². The zero-order valence-electron chi connectivity index (χ0n) is 16.8. The van der Waals surface area contributed by atoms with Crippen molar-refractivity contribution in [1.29, 1.82) is 5.26 Å². The van der Waals surface area contributed by atoms with Gasteiger partial charge in [-0.3, -0.25) is 0 Å². The predicted molar refractivity (Wildman–Crippen MR) is 108 cm³/mol. The average Bonchev–Trinajstić information content (AvgIpc) is 3.25. The summed E-state index contributed by atoms with van der Waals surface area (Å²) < 4.78 is 121. The van der Waals surface area contributed by atoms with Crippen molar-refractivity contribution in [2.45, 2.75) is 23.9 Å². The summed E-state index contributed by atoms with van der Waals surface area (Å²) in [5.41, 5.74) is -7.39. The number of alkyl halides is 9. The van der Waals surface area contributed by atoms with Gasteiger partial charge in [-0.1, -0.05) is 34.5 Å². The van der Waals surface area contributed by atoms with Crippen molar-refractivity contribution in [3.8, 4) is 23.0 Å². The Bertz CT molecular complexity index is 1330. The van der Waals surface area contributed by atoms with Crippen LogP contribution in [0.4, 0.5) is 45.2 Å². The highest BCUT2D eigenvalue weighted by Gasteiger charge is 2.81. The zero-order chi connectivity index (χ0) is 27.3. The first kappa shape index (κ1) is 27.4. The molecule has 192 valence electrons. The molecule has 0 bridgehead atoms. The molecule has 2 aromatic carbocycles. The van der Waals surface area contributed by atoms with Crippen LogP contribution in [0.2, 0.25) is 10.0 Å². The molecule has 0 amide bonds. The average molecular weight is 563 g/mol. The number of halogens is 11. The van der Waals surface area contributed by atoms with Crippen molar-refractivity contribution < 1.29 is 39.5 Å². The van der Waals surface area contributed by atoms with E-state index in [1.807, 2.05) is 0 Å². The lowest BCUT2D eigenvalue weighted by atomic mass is 9.87. The molecule has 1 N–H and O–H groups in total. The van der Waals surface area contributed by atoms with Crippen LogP contribution in [-0.4, -0.2) is 33.3 Å². The van der Waals surface area contributed by atoms with Gasteiger partial charge in [0.2, 0.25) is 0 Å². The number of nitrogens with one attached hydrogen (secondary N) is 1. The van der Waals surface area contributed by atoms with E-state index in [0.717, 1.165) is 10.9 Å². The van der Waals surface area contributed by atoms with Crippen molar-refractivity contribution in [3.63, 3.8) is 0 Å². The number of hydrogen-bond acceptors (Lipinski definition) is 5. The maximum absolute atomic E-state index is 14.8. The number of rotatable bonds is 5.